The van der Waals surface area contributed by atoms with Gasteiger partial charge in [-0.25, -0.2) is 0 Å². The molecule has 1 N–H and O–H groups in total. The molecule has 2 rings (SSSR count). The number of aryl methyl sites for hydroxylation is 1. The van der Waals surface area contributed by atoms with Crippen LogP contribution < -0.4 is 5.32 Å². The SMILES string of the molecule is CNC1CCC(Cc2cn(C)nn2)C1C. The fourth-order valence-corrected chi connectivity index (χ4v) is 2.70. The van der Waals surface area contributed by atoms with Crippen molar-refractivity contribution in [2.24, 2.45) is 18.9 Å². The highest BCUT2D eigenvalue weighted by Gasteiger charge is 2.31. The first kappa shape index (κ1) is 10.6. The molecule has 4 heteroatoms. The zero-order valence-corrected chi connectivity index (χ0v) is 9.77. The number of hydrogen-bond acceptors (Lipinski definition) is 3. The molecule has 84 valence electrons. The molecule has 0 spiro atoms. The van der Waals surface area contributed by atoms with Gasteiger partial charge >= 0.3 is 0 Å². The second-order valence-corrected chi connectivity index (χ2v) is 4.68. The number of aromatic nitrogens is 3. The van der Waals surface area contributed by atoms with Crippen molar-refractivity contribution in [3.05, 3.63) is 11.9 Å². The largest absolute Gasteiger partial charge is 0.317 e. The first-order chi connectivity index (χ1) is 7.20. The Labute approximate surface area is 91.1 Å². The molecule has 15 heavy (non-hydrogen) atoms. The summed E-state index contributed by atoms with van der Waals surface area (Å²) in [5, 5.41) is 11.5. The van der Waals surface area contributed by atoms with E-state index in [0.717, 1.165) is 24.0 Å². The summed E-state index contributed by atoms with van der Waals surface area (Å²) in [6, 6.07) is 0.687. The lowest BCUT2D eigenvalue weighted by atomic mass is 9.92. The zero-order valence-electron chi connectivity index (χ0n) is 9.77. The molecule has 0 aliphatic heterocycles. The summed E-state index contributed by atoms with van der Waals surface area (Å²) in [5.41, 5.74) is 1.13. The van der Waals surface area contributed by atoms with Crippen molar-refractivity contribution in [2.75, 3.05) is 7.05 Å². The van der Waals surface area contributed by atoms with Crippen molar-refractivity contribution in [3.8, 4) is 0 Å². The third kappa shape index (κ3) is 2.20. The molecule has 1 heterocycles. The highest BCUT2D eigenvalue weighted by atomic mass is 15.4. The molecule has 1 aliphatic carbocycles. The number of nitrogens with one attached hydrogen (secondary N) is 1. The lowest BCUT2D eigenvalue weighted by Crippen LogP contribution is -2.29. The summed E-state index contributed by atoms with van der Waals surface area (Å²) in [6.07, 6.45) is 5.71. The Hall–Kier alpha value is -0.900. The Bertz CT molecular complexity index is 320. The average molecular weight is 208 g/mol. The van der Waals surface area contributed by atoms with E-state index >= 15 is 0 Å². The summed E-state index contributed by atoms with van der Waals surface area (Å²) < 4.78 is 1.78. The summed E-state index contributed by atoms with van der Waals surface area (Å²) in [7, 11) is 3.98. The van der Waals surface area contributed by atoms with Crippen LogP contribution in [0.5, 0.6) is 0 Å². The van der Waals surface area contributed by atoms with Crippen molar-refractivity contribution in [1.29, 1.82) is 0 Å². The third-order valence-electron chi connectivity index (χ3n) is 3.72. The minimum atomic E-state index is 0.687. The molecule has 3 unspecified atom stereocenters. The van der Waals surface area contributed by atoms with Gasteiger partial charge in [-0.3, -0.25) is 4.68 Å². The quantitative estimate of drug-likeness (QED) is 0.805. The van der Waals surface area contributed by atoms with Gasteiger partial charge in [0.1, 0.15) is 0 Å². The van der Waals surface area contributed by atoms with E-state index in [1.165, 1.54) is 12.8 Å². The molecule has 0 aromatic carbocycles. The molecule has 1 fully saturated rings. The van der Waals surface area contributed by atoms with E-state index in [4.69, 9.17) is 0 Å². The van der Waals surface area contributed by atoms with Gasteiger partial charge in [0.25, 0.3) is 0 Å². The Morgan fingerprint density at radius 1 is 1.53 bits per heavy atom. The fraction of sp³-hybridized carbons (Fsp3) is 0.818. The van der Waals surface area contributed by atoms with Crippen LogP contribution >= 0.6 is 0 Å². The number of nitrogens with zero attached hydrogens (tertiary/aromatic N) is 3. The molecular formula is C11H20N4. The molecule has 1 aliphatic rings. The smallest absolute Gasteiger partial charge is 0.0829 e. The molecular weight excluding hydrogens is 188 g/mol. The van der Waals surface area contributed by atoms with E-state index in [9.17, 15) is 0 Å². The molecule has 1 aromatic rings. The minimum Gasteiger partial charge on any atom is -0.317 e. The van der Waals surface area contributed by atoms with E-state index in [2.05, 4.69) is 29.6 Å². The maximum absolute atomic E-state index is 4.16. The molecule has 1 saturated carbocycles. The first-order valence-corrected chi connectivity index (χ1v) is 5.73. The van der Waals surface area contributed by atoms with Crippen molar-refractivity contribution < 1.29 is 0 Å². The van der Waals surface area contributed by atoms with E-state index < -0.39 is 0 Å². The van der Waals surface area contributed by atoms with E-state index in [-0.39, 0.29) is 0 Å². The van der Waals surface area contributed by atoms with Gasteiger partial charge in [0, 0.05) is 19.3 Å². The summed E-state index contributed by atoms with van der Waals surface area (Å²) in [6.45, 7) is 2.34. The van der Waals surface area contributed by atoms with Crippen LogP contribution in [0.4, 0.5) is 0 Å². The van der Waals surface area contributed by atoms with Crippen LogP contribution in [0, 0.1) is 11.8 Å². The Kier molecular flexibility index (Phi) is 3.05. The molecule has 1 aromatic heterocycles. The second kappa shape index (κ2) is 4.31. The Morgan fingerprint density at radius 3 is 2.87 bits per heavy atom. The zero-order chi connectivity index (χ0) is 10.8. The van der Waals surface area contributed by atoms with Gasteiger partial charge in [-0.2, -0.15) is 0 Å². The number of hydrogen-bond donors (Lipinski definition) is 1. The Morgan fingerprint density at radius 2 is 2.33 bits per heavy atom. The monoisotopic (exact) mass is 208 g/mol. The summed E-state index contributed by atoms with van der Waals surface area (Å²) in [5.74, 6) is 1.51. The van der Waals surface area contributed by atoms with Crippen LogP contribution in [-0.2, 0) is 13.5 Å². The Balaban J connectivity index is 1.96. The molecule has 0 saturated heterocycles. The van der Waals surface area contributed by atoms with Gasteiger partial charge in [-0.1, -0.05) is 12.1 Å². The van der Waals surface area contributed by atoms with Crippen LogP contribution in [0.15, 0.2) is 6.20 Å². The van der Waals surface area contributed by atoms with E-state index in [0.29, 0.717) is 6.04 Å². The van der Waals surface area contributed by atoms with E-state index in [1.807, 2.05) is 13.2 Å². The van der Waals surface area contributed by atoms with Crippen LogP contribution in [-0.4, -0.2) is 28.1 Å². The van der Waals surface area contributed by atoms with Gasteiger partial charge in [-0.05, 0) is 38.1 Å². The van der Waals surface area contributed by atoms with Crippen molar-refractivity contribution in [3.63, 3.8) is 0 Å². The predicted octanol–water partition coefficient (Wildman–Crippen LogP) is 0.992. The fourth-order valence-electron chi connectivity index (χ4n) is 2.70. The van der Waals surface area contributed by atoms with Gasteiger partial charge in [-0.15, -0.1) is 5.10 Å². The number of rotatable bonds is 3. The maximum atomic E-state index is 4.16. The summed E-state index contributed by atoms with van der Waals surface area (Å²) in [4.78, 5) is 0. The normalized spacial score (nSPS) is 31.0. The van der Waals surface area contributed by atoms with E-state index in [1.54, 1.807) is 4.68 Å². The molecule has 4 nitrogen and oxygen atoms in total. The van der Waals surface area contributed by atoms with Crippen LogP contribution in [0.1, 0.15) is 25.5 Å². The lowest BCUT2D eigenvalue weighted by Gasteiger charge is -2.19. The highest BCUT2D eigenvalue weighted by molar-refractivity contribution is 4.98. The topological polar surface area (TPSA) is 42.7 Å². The molecule has 0 bridgehead atoms. The predicted molar refractivity (Wildman–Crippen MR) is 59.4 cm³/mol. The summed E-state index contributed by atoms with van der Waals surface area (Å²) >= 11 is 0. The van der Waals surface area contributed by atoms with Gasteiger partial charge in [0.2, 0.25) is 0 Å². The minimum absolute atomic E-state index is 0.687. The van der Waals surface area contributed by atoms with Crippen LogP contribution in [0.2, 0.25) is 0 Å². The van der Waals surface area contributed by atoms with Gasteiger partial charge in [0.15, 0.2) is 0 Å². The maximum Gasteiger partial charge on any atom is 0.0829 e. The first-order valence-electron chi connectivity index (χ1n) is 5.73. The molecule has 0 radical (unpaired) electrons. The van der Waals surface area contributed by atoms with Crippen molar-refractivity contribution in [1.82, 2.24) is 20.3 Å². The lowest BCUT2D eigenvalue weighted by molar-refractivity contribution is 0.362. The van der Waals surface area contributed by atoms with Crippen molar-refractivity contribution >= 4 is 0 Å². The van der Waals surface area contributed by atoms with Gasteiger partial charge in [0.05, 0.1) is 5.69 Å². The van der Waals surface area contributed by atoms with Gasteiger partial charge < -0.3 is 5.32 Å². The second-order valence-electron chi connectivity index (χ2n) is 4.68. The average Bonchev–Trinajstić information content (AvgIpc) is 2.76. The third-order valence-corrected chi connectivity index (χ3v) is 3.72. The highest BCUT2D eigenvalue weighted by Crippen LogP contribution is 2.33. The molecule has 3 atom stereocenters. The standard InChI is InChI=1S/C11H20N4/c1-8-9(4-5-11(8)12-2)6-10-7-15(3)14-13-10/h7-9,11-12H,4-6H2,1-3H3. The van der Waals surface area contributed by atoms with Crippen LogP contribution in [0.25, 0.3) is 0 Å². The van der Waals surface area contributed by atoms with Crippen molar-refractivity contribution in [2.45, 2.75) is 32.2 Å². The molecule has 0 amide bonds. The van der Waals surface area contributed by atoms with Crippen LogP contribution in [0.3, 0.4) is 0 Å².